The Bertz CT molecular complexity index is 474. The molecule has 2 unspecified atom stereocenters. The first-order valence-corrected chi connectivity index (χ1v) is 7.41. The van der Waals surface area contributed by atoms with Gasteiger partial charge in [0.1, 0.15) is 5.75 Å². The number of aryl methyl sites for hydroxylation is 1. The number of carbonyl (C=O) groups excluding carboxylic acids is 1. The Morgan fingerprint density at radius 2 is 2.25 bits per heavy atom. The Kier molecular flexibility index (Phi) is 5.01. The minimum absolute atomic E-state index is 0.0135. The van der Waals surface area contributed by atoms with E-state index in [1.54, 1.807) is 0 Å². The number of hydrogen-bond acceptors (Lipinski definition) is 3. The largest absolute Gasteiger partial charge is 0.491 e. The Labute approximate surface area is 120 Å². The molecule has 0 heterocycles. The maximum atomic E-state index is 12.3. The lowest BCUT2D eigenvalue weighted by atomic mass is 10.0. The normalized spacial score (nSPS) is 21.8. The van der Waals surface area contributed by atoms with Crippen LogP contribution >= 0.6 is 0 Å². The predicted octanol–water partition coefficient (Wildman–Crippen LogP) is 2.85. The standard InChI is InChI=1S/C16H24N2O2/c1-3-9-20-15-10-11(2)7-8-14(15)18-16(19)12-5-4-6-13(12)17/h7-8,10,12-13H,3-6,9,17H2,1-2H3,(H,18,19). The molecule has 0 bridgehead atoms. The van der Waals surface area contributed by atoms with Crippen LogP contribution in [-0.4, -0.2) is 18.6 Å². The van der Waals surface area contributed by atoms with Crippen molar-refractivity contribution in [3.05, 3.63) is 23.8 Å². The first-order chi connectivity index (χ1) is 9.61. The fraction of sp³-hybridized carbons (Fsp3) is 0.562. The zero-order chi connectivity index (χ0) is 14.5. The van der Waals surface area contributed by atoms with Crippen LogP contribution in [0.5, 0.6) is 5.75 Å². The van der Waals surface area contributed by atoms with E-state index in [0.717, 1.165) is 42.7 Å². The highest BCUT2D eigenvalue weighted by molar-refractivity contribution is 5.94. The third-order valence-corrected chi connectivity index (χ3v) is 3.76. The Morgan fingerprint density at radius 1 is 1.45 bits per heavy atom. The smallest absolute Gasteiger partial charge is 0.229 e. The van der Waals surface area contributed by atoms with E-state index in [1.807, 2.05) is 25.1 Å². The molecule has 0 saturated heterocycles. The van der Waals surface area contributed by atoms with Crippen molar-refractivity contribution in [1.29, 1.82) is 0 Å². The molecule has 3 N–H and O–H groups in total. The number of benzene rings is 1. The zero-order valence-electron chi connectivity index (χ0n) is 12.3. The van der Waals surface area contributed by atoms with Gasteiger partial charge in [0, 0.05) is 6.04 Å². The molecule has 4 heteroatoms. The number of amides is 1. The molecule has 20 heavy (non-hydrogen) atoms. The molecule has 1 aliphatic carbocycles. The van der Waals surface area contributed by atoms with E-state index in [2.05, 4.69) is 12.2 Å². The molecule has 2 atom stereocenters. The van der Waals surface area contributed by atoms with Gasteiger partial charge < -0.3 is 15.8 Å². The minimum atomic E-state index is -0.0738. The Morgan fingerprint density at radius 3 is 2.90 bits per heavy atom. The highest BCUT2D eigenvalue weighted by atomic mass is 16.5. The second-order valence-electron chi connectivity index (χ2n) is 5.54. The van der Waals surface area contributed by atoms with E-state index in [0.29, 0.717) is 6.61 Å². The van der Waals surface area contributed by atoms with E-state index in [4.69, 9.17) is 10.5 Å². The number of rotatable bonds is 5. The monoisotopic (exact) mass is 276 g/mol. The van der Waals surface area contributed by atoms with E-state index in [9.17, 15) is 4.79 Å². The van der Waals surface area contributed by atoms with Crippen molar-refractivity contribution in [2.24, 2.45) is 11.7 Å². The summed E-state index contributed by atoms with van der Waals surface area (Å²) in [5.74, 6) is 0.683. The number of anilines is 1. The van der Waals surface area contributed by atoms with Crippen LogP contribution < -0.4 is 15.8 Å². The van der Waals surface area contributed by atoms with Crippen LogP contribution in [0.2, 0.25) is 0 Å². The fourth-order valence-electron chi connectivity index (χ4n) is 2.60. The summed E-state index contributed by atoms with van der Waals surface area (Å²) in [6.45, 7) is 4.72. The quantitative estimate of drug-likeness (QED) is 0.869. The summed E-state index contributed by atoms with van der Waals surface area (Å²) in [4.78, 5) is 12.3. The van der Waals surface area contributed by atoms with Crippen LogP contribution in [0, 0.1) is 12.8 Å². The molecule has 2 rings (SSSR count). The van der Waals surface area contributed by atoms with Gasteiger partial charge >= 0.3 is 0 Å². The average molecular weight is 276 g/mol. The summed E-state index contributed by atoms with van der Waals surface area (Å²) >= 11 is 0. The van der Waals surface area contributed by atoms with Crippen molar-refractivity contribution in [3.8, 4) is 5.75 Å². The highest BCUT2D eigenvalue weighted by Crippen LogP contribution is 2.29. The Balaban J connectivity index is 2.09. The topological polar surface area (TPSA) is 64.3 Å². The first kappa shape index (κ1) is 14.9. The van der Waals surface area contributed by atoms with Gasteiger partial charge in [-0.05, 0) is 43.9 Å². The lowest BCUT2D eigenvalue weighted by Crippen LogP contribution is -2.34. The van der Waals surface area contributed by atoms with Crippen molar-refractivity contribution in [2.75, 3.05) is 11.9 Å². The van der Waals surface area contributed by atoms with Gasteiger partial charge in [0.05, 0.1) is 18.2 Å². The van der Waals surface area contributed by atoms with Crippen LogP contribution in [-0.2, 0) is 4.79 Å². The zero-order valence-corrected chi connectivity index (χ0v) is 12.3. The van der Waals surface area contributed by atoms with Gasteiger partial charge in [-0.2, -0.15) is 0 Å². The maximum Gasteiger partial charge on any atom is 0.229 e. The summed E-state index contributed by atoms with van der Waals surface area (Å²) in [6.07, 6.45) is 3.79. The van der Waals surface area contributed by atoms with Gasteiger partial charge in [0.2, 0.25) is 5.91 Å². The molecular weight excluding hydrogens is 252 g/mol. The fourth-order valence-corrected chi connectivity index (χ4v) is 2.60. The molecule has 110 valence electrons. The number of nitrogens with two attached hydrogens (primary N) is 1. The van der Waals surface area contributed by atoms with Crippen LogP contribution in [0.1, 0.15) is 38.2 Å². The molecule has 1 fully saturated rings. The van der Waals surface area contributed by atoms with Crippen molar-refractivity contribution in [1.82, 2.24) is 0 Å². The van der Waals surface area contributed by atoms with Crippen molar-refractivity contribution in [2.45, 2.75) is 45.6 Å². The number of hydrogen-bond donors (Lipinski definition) is 2. The van der Waals surface area contributed by atoms with Crippen molar-refractivity contribution in [3.63, 3.8) is 0 Å². The maximum absolute atomic E-state index is 12.3. The molecule has 0 aliphatic heterocycles. The number of carbonyl (C=O) groups is 1. The molecule has 1 aromatic carbocycles. The molecule has 4 nitrogen and oxygen atoms in total. The lowest BCUT2D eigenvalue weighted by molar-refractivity contribution is -0.120. The van der Waals surface area contributed by atoms with Gasteiger partial charge in [0.15, 0.2) is 0 Å². The van der Waals surface area contributed by atoms with Crippen LogP contribution in [0.4, 0.5) is 5.69 Å². The lowest BCUT2D eigenvalue weighted by Gasteiger charge is -2.17. The minimum Gasteiger partial charge on any atom is -0.491 e. The van der Waals surface area contributed by atoms with E-state index in [-0.39, 0.29) is 17.9 Å². The van der Waals surface area contributed by atoms with Gasteiger partial charge in [-0.1, -0.05) is 19.4 Å². The molecule has 1 saturated carbocycles. The molecular formula is C16H24N2O2. The molecule has 0 aromatic heterocycles. The molecule has 1 amide bonds. The Hall–Kier alpha value is -1.55. The summed E-state index contributed by atoms with van der Waals surface area (Å²) in [5, 5.41) is 2.98. The predicted molar refractivity (Wildman–Crippen MR) is 80.9 cm³/mol. The highest BCUT2D eigenvalue weighted by Gasteiger charge is 2.30. The molecule has 0 radical (unpaired) electrons. The van der Waals surface area contributed by atoms with Crippen LogP contribution in [0.3, 0.4) is 0 Å². The second-order valence-corrected chi connectivity index (χ2v) is 5.54. The summed E-state index contributed by atoms with van der Waals surface area (Å²) in [7, 11) is 0. The summed E-state index contributed by atoms with van der Waals surface area (Å²) in [5.41, 5.74) is 7.84. The van der Waals surface area contributed by atoms with Gasteiger partial charge in [0.25, 0.3) is 0 Å². The molecule has 0 spiro atoms. The SMILES string of the molecule is CCCOc1cc(C)ccc1NC(=O)C1CCCC1N. The third-order valence-electron chi connectivity index (χ3n) is 3.76. The van der Waals surface area contributed by atoms with Crippen molar-refractivity contribution >= 4 is 11.6 Å². The van der Waals surface area contributed by atoms with Gasteiger partial charge in [-0.15, -0.1) is 0 Å². The van der Waals surface area contributed by atoms with Gasteiger partial charge in [-0.3, -0.25) is 4.79 Å². The number of nitrogens with one attached hydrogen (secondary N) is 1. The summed E-state index contributed by atoms with van der Waals surface area (Å²) < 4.78 is 5.71. The van der Waals surface area contributed by atoms with Crippen LogP contribution in [0.15, 0.2) is 18.2 Å². The van der Waals surface area contributed by atoms with E-state index < -0.39 is 0 Å². The number of ether oxygens (including phenoxy) is 1. The first-order valence-electron chi connectivity index (χ1n) is 7.41. The van der Waals surface area contributed by atoms with E-state index in [1.165, 1.54) is 0 Å². The van der Waals surface area contributed by atoms with Crippen LogP contribution in [0.25, 0.3) is 0 Å². The van der Waals surface area contributed by atoms with Crippen molar-refractivity contribution < 1.29 is 9.53 Å². The van der Waals surface area contributed by atoms with E-state index >= 15 is 0 Å². The summed E-state index contributed by atoms with van der Waals surface area (Å²) in [6, 6.07) is 5.82. The average Bonchev–Trinajstić information content (AvgIpc) is 2.85. The second kappa shape index (κ2) is 6.75. The molecule has 1 aliphatic rings. The third kappa shape index (κ3) is 3.51. The molecule has 1 aromatic rings. The van der Waals surface area contributed by atoms with Gasteiger partial charge in [-0.25, -0.2) is 0 Å².